The zero-order valence-corrected chi connectivity index (χ0v) is 10.7. The smallest absolute Gasteiger partial charge is 0.324 e. The molecule has 1 N–H and O–H groups in total. The Labute approximate surface area is 98.3 Å². The number of likely N-dealkylation sites (N-methyl/N-ethyl adjacent to an activating group) is 1. The normalized spacial score (nSPS) is 17.5. The molecule has 94 valence electrons. The van der Waals surface area contributed by atoms with Gasteiger partial charge in [-0.25, -0.2) is 0 Å². The largest absolute Gasteiger partial charge is 0.465 e. The molecule has 4 heteroatoms. The highest BCUT2D eigenvalue weighted by atomic mass is 16.5. The van der Waals surface area contributed by atoms with Crippen LogP contribution in [-0.4, -0.2) is 49.7 Å². The lowest BCUT2D eigenvalue weighted by molar-refractivity contribution is -0.146. The predicted molar refractivity (Wildman–Crippen MR) is 64.4 cm³/mol. The fraction of sp³-hybridized carbons (Fsp3) is 0.917. The van der Waals surface area contributed by atoms with Crippen LogP contribution in [-0.2, 0) is 9.53 Å². The Hall–Kier alpha value is -0.610. The lowest BCUT2D eigenvalue weighted by Gasteiger charge is -2.23. The molecule has 0 saturated heterocycles. The lowest BCUT2D eigenvalue weighted by atomic mass is 10.2. The maximum absolute atomic E-state index is 11.7. The predicted octanol–water partition coefficient (Wildman–Crippen LogP) is 1.01. The maximum Gasteiger partial charge on any atom is 0.324 e. The van der Waals surface area contributed by atoms with Gasteiger partial charge in [-0.2, -0.15) is 0 Å². The topological polar surface area (TPSA) is 41.6 Å². The van der Waals surface area contributed by atoms with Crippen LogP contribution >= 0.6 is 0 Å². The lowest BCUT2D eigenvalue weighted by Crippen LogP contribution is -2.46. The fourth-order valence-electron chi connectivity index (χ4n) is 1.74. The van der Waals surface area contributed by atoms with Crippen molar-refractivity contribution in [2.75, 3.05) is 26.7 Å². The van der Waals surface area contributed by atoms with Crippen LogP contribution in [0.2, 0.25) is 0 Å². The van der Waals surface area contributed by atoms with E-state index >= 15 is 0 Å². The van der Waals surface area contributed by atoms with E-state index in [9.17, 15) is 4.79 Å². The molecule has 0 spiro atoms. The molecule has 0 aromatic heterocycles. The molecule has 1 fully saturated rings. The van der Waals surface area contributed by atoms with Crippen molar-refractivity contribution in [1.82, 2.24) is 10.2 Å². The minimum absolute atomic E-state index is 0.122. The van der Waals surface area contributed by atoms with Crippen molar-refractivity contribution >= 4 is 5.97 Å². The zero-order chi connectivity index (χ0) is 12.0. The number of nitrogens with one attached hydrogen (secondary N) is 1. The minimum atomic E-state index is -0.175. The van der Waals surface area contributed by atoms with Gasteiger partial charge in [0.2, 0.25) is 0 Å². The van der Waals surface area contributed by atoms with Crippen LogP contribution in [0.4, 0.5) is 0 Å². The van der Waals surface area contributed by atoms with Crippen molar-refractivity contribution in [3.8, 4) is 0 Å². The molecule has 0 amide bonds. The molecule has 1 atom stereocenters. The SMILES string of the molecule is CCCNC(CN(C)C1CC1)C(=O)OCC. The van der Waals surface area contributed by atoms with Crippen molar-refractivity contribution in [1.29, 1.82) is 0 Å². The highest BCUT2D eigenvalue weighted by Gasteiger charge is 2.30. The number of hydrogen-bond acceptors (Lipinski definition) is 4. The summed E-state index contributed by atoms with van der Waals surface area (Å²) >= 11 is 0. The van der Waals surface area contributed by atoms with E-state index in [-0.39, 0.29) is 12.0 Å². The molecule has 1 rings (SSSR count). The average Bonchev–Trinajstić information content (AvgIpc) is 3.07. The van der Waals surface area contributed by atoms with Crippen LogP contribution in [0.15, 0.2) is 0 Å². The quantitative estimate of drug-likeness (QED) is 0.630. The molecular formula is C12H24N2O2. The van der Waals surface area contributed by atoms with E-state index in [2.05, 4.69) is 24.2 Å². The molecule has 0 aromatic carbocycles. The second-order valence-electron chi connectivity index (χ2n) is 4.43. The van der Waals surface area contributed by atoms with Crippen LogP contribution in [0.5, 0.6) is 0 Å². The number of hydrogen-bond donors (Lipinski definition) is 1. The van der Waals surface area contributed by atoms with Crippen molar-refractivity contribution < 1.29 is 9.53 Å². The highest BCUT2D eigenvalue weighted by molar-refractivity contribution is 5.76. The van der Waals surface area contributed by atoms with E-state index in [4.69, 9.17) is 4.74 Å². The summed E-state index contributed by atoms with van der Waals surface area (Å²) in [5, 5.41) is 3.25. The first-order valence-electron chi connectivity index (χ1n) is 6.29. The Morgan fingerprint density at radius 3 is 2.69 bits per heavy atom. The van der Waals surface area contributed by atoms with E-state index in [0.717, 1.165) is 19.5 Å². The van der Waals surface area contributed by atoms with E-state index in [1.807, 2.05) is 6.92 Å². The third-order valence-corrected chi connectivity index (χ3v) is 2.85. The van der Waals surface area contributed by atoms with Gasteiger partial charge in [-0.3, -0.25) is 4.79 Å². The summed E-state index contributed by atoms with van der Waals surface area (Å²) < 4.78 is 5.07. The van der Waals surface area contributed by atoms with E-state index in [1.165, 1.54) is 12.8 Å². The van der Waals surface area contributed by atoms with Crippen LogP contribution < -0.4 is 5.32 Å². The Bertz CT molecular complexity index is 217. The monoisotopic (exact) mass is 228 g/mol. The van der Waals surface area contributed by atoms with E-state index in [0.29, 0.717) is 12.6 Å². The molecule has 16 heavy (non-hydrogen) atoms. The van der Waals surface area contributed by atoms with Gasteiger partial charge in [-0.05, 0) is 39.8 Å². The second-order valence-corrected chi connectivity index (χ2v) is 4.43. The van der Waals surface area contributed by atoms with Gasteiger partial charge in [-0.1, -0.05) is 6.92 Å². The summed E-state index contributed by atoms with van der Waals surface area (Å²) in [6.45, 7) is 6.01. The van der Waals surface area contributed by atoms with E-state index < -0.39 is 0 Å². The minimum Gasteiger partial charge on any atom is -0.465 e. The Balaban J connectivity index is 2.37. The first-order chi connectivity index (χ1) is 7.69. The molecule has 1 unspecified atom stereocenters. The van der Waals surface area contributed by atoms with Crippen LogP contribution in [0.3, 0.4) is 0 Å². The molecule has 0 bridgehead atoms. The average molecular weight is 228 g/mol. The Morgan fingerprint density at radius 2 is 2.19 bits per heavy atom. The second kappa shape index (κ2) is 6.86. The van der Waals surface area contributed by atoms with Gasteiger partial charge in [0.25, 0.3) is 0 Å². The summed E-state index contributed by atoms with van der Waals surface area (Å²) in [7, 11) is 2.08. The van der Waals surface area contributed by atoms with Gasteiger partial charge in [0.1, 0.15) is 6.04 Å². The molecule has 1 saturated carbocycles. The molecular weight excluding hydrogens is 204 g/mol. The third kappa shape index (κ3) is 4.49. The first-order valence-corrected chi connectivity index (χ1v) is 6.29. The number of rotatable bonds is 8. The Morgan fingerprint density at radius 1 is 1.50 bits per heavy atom. The third-order valence-electron chi connectivity index (χ3n) is 2.85. The number of esters is 1. The summed E-state index contributed by atoms with van der Waals surface area (Å²) in [6.07, 6.45) is 3.56. The van der Waals surface area contributed by atoms with Gasteiger partial charge in [0.05, 0.1) is 6.61 Å². The van der Waals surface area contributed by atoms with Gasteiger partial charge in [0.15, 0.2) is 0 Å². The van der Waals surface area contributed by atoms with Gasteiger partial charge in [-0.15, -0.1) is 0 Å². The van der Waals surface area contributed by atoms with Gasteiger partial charge >= 0.3 is 5.97 Å². The van der Waals surface area contributed by atoms with Crippen molar-refractivity contribution in [2.24, 2.45) is 0 Å². The van der Waals surface area contributed by atoms with E-state index in [1.54, 1.807) is 0 Å². The molecule has 0 heterocycles. The molecule has 4 nitrogen and oxygen atoms in total. The molecule has 1 aliphatic rings. The van der Waals surface area contributed by atoms with Gasteiger partial charge < -0.3 is 15.0 Å². The van der Waals surface area contributed by atoms with Crippen LogP contribution in [0, 0.1) is 0 Å². The van der Waals surface area contributed by atoms with Gasteiger partial charge in [0, 0.05) is 12.6 Å². The maximum atomic E-state index is 11.7. The number of carbonyl (C=O) groups excluding carboxylic acids is 1. The van der Waals surface area contributed by atoms with Crippen LogP contribution in [0.25, 0.3) is 0 Å². The molecule has 0 aliphatic heterocycles. The summed E-state index contributed by atoms with van der Waals surface area (Å²) in [4.78, 5) is 14.0. The number of nitrogens with zero attached hydrogens (tertiary/aromatic N) is 1. The standard InChI is InChI=1S/C12H24N2O2/c1-4-8-13-11(12(15)16-5-2)9-14(3)10-6-7-10/h10-11,13H,4-9H2,1-3H3. The van der Waals surface area contributed by atoms with Crippen molar-refractivity contribution in [2.45, 2.75) is 45.2 Å². The van der Waals surface area contributed by atoms with Crippen LogP contribution in [0.1, 0.15) is 33.1 Å². The Kier molecular flexibility index (Phi) is 5.77. The first kappa shape index (κ1) is 13.5. The zero-order valence-electron chi connectivity index (χ0n) is 10.7. The summed E-state index contributed by atoms with van der Waals surface area (Å²) in [6, 6.07) is 0.505. The number of carbonyl (C=O) groups is 1. The van der Waals surface area contributed by atoms with Crippen molar-refractivity contribution in [3.63, 3.8) is 0 Å². The summed E-state index contributed by atoms with van der Waals surface area (Å²) in [5.74, 6) is -0.122. The number of ether oxygens (including phenoxy) is 1. The highest BCUT2D eigenvalue weighted by Crippen LogP contribution is 2.25. The molecule has 0 radical (unpaired) electrons. The summed E-state index contributed by atoms with van der Waals surface area (Å²) in [5.41, 5.74) is 0. The molecule has 0 aromatic rings. The van der Waals surface area contributed by atoms with Crippen molar-refractivity contribution in [3.05, 3.63) is 0 Å². The molecule has 1 aliphatic carbocycles. The fourth-order valence-corrected chi connectivity index (χ4v) is 1.74.